The first kappa shape index (κ1) is 15.9. The molecule has 0 bridgehead atoms. The lowest BCUT2D eigenvalue weighted by Gasteiger charge is -2.20. The van der Waals surface area contributed by atoms with Crippen molar-refractivity contribution in [2.75, 3.05) is 11.1 Å². The lowest BCUT2D eigenvalue weighted by atomic mass is 10.1. The lowest BCUT2D eigenvalue weighted by molar-refractivity contribution is 0.0636. The number of aromatic nitrogens is 2. The minimum absolute atomic E-state index is 0.467. The number of nitrogens with one attached hydrogen (secondary N) is 1. The third-order valence-electron chi connectivity index (χ3n) is 3.07. The molecule has 1 aromatic carbocycles. The van der Waals surface area contributed by atoms with E-state index in [-0.39, 0.29) is 0 Å². The highest BCUT2D eigenvalue weighted by Crippen LogP contribution is 2.25. The largest absolute Gasteiger partial charge is 0.444 e. The second kappa shape index (κ2) is 5.71. The number of nitrogens with zero attached hydrogens (tertiary/aromatic N) is 2. The van der Waals surface area contributed by atoms with Crippen LogP contribution >= 0.6 is 0 Å². The average Bonchev–Trinajstić information content (AvgIpc) is 2.70. The molecule has 0 aliphatic heterocycles. The van der Waals surface area contributed by atoms with Crippen molar-refractivity contribution in [3.8, 4) is 11.3 Å². The second-order valence-electron chi connectivity index (χ2n) is 6.23. The first-order valence-electron chi connectivity index (χ1n) is 7.06. The van der Waals surface area contributed by atoms with Gasteiger partial charge >= 0.3 is 6.09 Å². The summed E-state index contributed by atoms with van der Waals surface area (Å²) >= 11 is 0. The van der Waals surface area contributed by atoms with E-state index in [4.69, 9.17) is 10.5 Å². The van der Waals surface area contributed by atoms with Gasteiger partial charge in [0.2, 0.25) is 0 Å². The maximum absolute atomic E-state index is 11.8. The van der Waals surface area contributed by atoms with Crippen LogP contribution in [0, 0.1) is 6.92 Å². The Morgan fingerprint density at radius 2 is 2.00 bits per heavy atom. The highest BCUT2D eigenvalue weighted by atomic mass is 16.6. The molecule has 118 valence electrons. The van der Waals surface area contributed by atoms with Crippen LogP contribution in [0.4, 0.5) is 16.3 Å². The normalized spacial score (nSPS) is 11.3. The summed E-state index contributed by atoms with van der Waals surface area (Å²) in [6, 6.07) is 7.49. The van der Waals surface area contributed by atoms with Gasteiger partial charge in [-0.25, -0.2) is 4.79 Å². The molecule has 2 rings (SSSR count). The molecule has 2 aromatic rings. The van der Waals surface area contributed by atoms with Gasteiger partial charge in [-0.15, -0.1) is 0 Å². The SMILES string of the molecule is Cc1cc(-c2cc(N)n(C)n2)ccc1NC(=O)OC(C)(C)C. The van der Waals surface area contributed by atoms with Crippen molar-refractivity contribution >= 4 is 17.6 Å². The molecule has 0 radical (unpaired) electrons. The second-order valence-corrected chi connectivity index (χ2v) is 6.23. The fraction of sp³-hybridized carbons (Fsp3) is 0.375. The zero-order valence-corrected chi connectivity index (χ0v) is 13.6. The minimum atomic E-state index is -0.524. The monoisotopic (exact) mass is 302 g/mol. The number of hydrogen-bond acceptors (Lipinski definition) is 4. The summed E-state index contributed by atoms with van der Waals surface area (Å²) < 4.78 is 6.87. The molecule has 1 heterocycles. The standard InChI is InChI=1S/C16H22N4O2/c1-10-8-11(13-9-14(17)20(5)19-13)6-7-12(10)18-15(21)22-16(2,3)4/h6-9H,17H2,1-5H3,(H,18,21). The Kier molecular flexibility index (Phi) is 4.12. The van der Waals surface area contributed by atoms with Crippen molar-refractivity contribution in [2.24, 2.45) is 7.05 Å². The number of anilines is 2. The van der Waals surface area contributed by atoms with E-state index >= 15 is 0 Å². The average molecular weight is 302 g/mol. The summed E-state index contributed by atoms with van der Waals surface area (Å²) in [6.07, 6.45) is -0.467. The van der Waals surface area contributed by atoms with Gasteiger partial charge in [-0.2, -0.15) is 5.10 Å². The molecule has 0 spiro atoms. The predicted octanol–water partition coefficient (Wildman–Crippen LogP) is 3.32. The summed E-state index contributed by atoms with van der Waals surface area (Å²) in [7, 11) is 1.80. The van der Waals surface area contributed by atoms with Gasteiger partial charge in [-0.05, 0) is 45.4 Å². The summed E-state index contributed by atoms with van der Waals surface area (Å²) in [5.74, 6) is 0.601. The number of carbonyl (C=O) groups excluding carboxylic acids is 1. The summed E-state index contributed by atoms with van der Waals surface area (Å²) in [6.45, 7) is 7.40. The van der Waals surface area contributed by atoms with Crippen LogP contribution in [-0.2, 0) is 11.8 Å². The van der Waals surface area contributed by atoms with Gasteiger partial charge in [-0.1, -0.05) is 6.07 Å². The molecular weight excluding hydrogens is 280 g/mol. The van der Waals surface area contributed by atoms with Gasteiger partial charge in [0.25, 0.3) is 0 Å². The third-order valence-corrected chi connectivity index (χ3v) is 3.07. The van der Waals surface area contributed by atoms with Crippen LogP contribution < -0.4 is 11.1 Å². The Labute approximate surface area is 130 Å². The zero-order valence-electron chi connectivity index (χ0n) is 13.6. The van der Waals surface area contributed by atoms with Crippen molar-refractivity contribution in [1.82, 2.24) is 9.78 Å². The van der Waals surface area contributed by atoms with Crippen molar-refractivity contribution in [1.29, 1.82) is 0 Å². The quantitative estimate of drug-likeness (QED) is 0.891. The Balaban J connectivity index is 2.18. The number of ether oxygens (including phenoxy) is 1. The van der Waals surface area contributed by atoms with E-state index < -0.39 is 11.7 Å². The van der Waals surface area contributed by atoms with Crippen molar-refractivity contribution in [2.45, 2.75) is 33.3 Å². The van der Waals surface area contributed by atoms with Crippen LogP contribution in [0.25, 0.3) is 11.3 Å². The number of benzene rings is 1. The number of rotatable bonds is 2. The van der Waals surface area contributed by atoms with Gasteiger partial charge in [0.15, 0.2) is 0 Å². The maximum atomic E-state index is 11.8. The van der Waals surface area contributed by atoms with E-state index in [0.717, 1.165) is 16.8 Å². The van der Waals surface area contributed by atoms with E-state index in [0.29, 0.717) is 11.5 Å². The van der Waals surface area contributed by atoms with E-state index in [9.17, 15) is 4.79 Å². The van der Waals surface area contributed by atoms with Crippen LogP contribution in [-0.4, -0.2) is 21.5 Å². The van der Waals surface area contributed by atoms with E-state index in [2.05, 4.69) is 10.4 Å². The molecule has 0 aliphatic carbocycles. The molecule has 0 aliphatic rings. The number of nitrogens with two attached hydrogens (primary N) is 1. The number of hydrogen-bond donors (Lipinski definition) is 2. The fourth-order valence-electron chi connectivity index (χ4n) is 2.00. The molecule has 0 saturated heterocycles. The summed E-state index contributed by atoms with van der Waals surface area (Å²) in [5.41, 5.74) is 8.65. The zero-order chi connectivity index (χ0) is 16.5. The highest BCUT2D eigenvalue weighted by molar-refractivity contribution is 5.86. The first-order chi connectivity index (χ1) is 10.2. The smallest absolute Gasteiger partial charge is 0.412 e. The molecule has 0 unspecified atom stereocenters. The molecule has 22 heavy (non-hydrogen) atoms. The van der Waals surface area contributed by atoms with Gasteiger partial charge in [-0.3, -0.25) is 10.00 Å². The fourth-order valence-corrected chi connectivity index (χ4v) is 2.00. The van der Waals surface area contributed by atoms with E-state index in [1.807, 2.05) is 52.0 Å². The van der Waals surface area contributed by atoms with E-state index in [1.165, 1.54) is 0 Å². The van der Waals surface area contributed by atoms with Crippen molar-refractivity contribution in [3.63, 3.8) is 0 Å². The molecular formula is C16H22N4O2. The Hall–Kier alpha value is -2.50. The molecule has 1 aromatic heterocycles. The highest BCUT2D eigenvalue weighted by Gasteiger charge is 2.17. The van der Waals surface area contributed by atoms with Gasteiger partial charge < -0.3 is 10.5 Å². The van der Waals surface area contributed by atoms with Crippen molar-refractivity contribution in [3.05, 3.63) is 29.8 Å². The molecule has 1 amide bonds. The molecule has 6 heteroatoms. The first-order valence-corrected chi connectivity index (χ1v) is 7.06. The predicted molar refractivity (Wildman–Crippen MR) is 87.7 cm³/mol. The molecule has 0 atom stereocenters. The molecule has 3 N–H and O–H groups in total. The Morgan fingerprint density at radius 3 is 2.50 bits per heavy atom. The lowest BCUT2D eigenvalue weighted by Crippen LogP contribution is -2.27. The molecule has 0 saturated carbocycles. The van der Waals surface area contributed by atoms with Crippen LogP contribution in [0.3, 0.4) is 0 Å². The Bertz CT molecular complexity index is 679. The van der Waals surface area contributed by atoms with Gasteiger partial charge in [0.1, 0.15) is 11.4 Å². The van der Waals surface area contributed by atoms with Crippen molar-refractivity contribution < 1.29 is 9.53 Å². The maximum Gasteiger partial charge on any atom is 0.412 e. The molecule has 6 nitrogen and oxygen atoms in total. The van der Waals surface area contributed by atoms with E-state index in [1.54, 1.807) is 11.7 Å². The summed E-state index contributed by atoms with van der Waals surface area (Å²) in [4.78, 5) is 11.8. The van der Waals surface area contributed by atoms with Crippen LogP contribution in [0.5, 0.6) is 0 Å². The molecule has 0 fully saturated rings. The number of nitrogen functional groups attached to an aromatic ring is 1. The third kappa shape index (κ3) is 3.78. The van der Waals surface area contributed by atoms with Crippen LogP contribution in [0.2, 0.25) is 0 Å². The number of carbonyl (C=O) groups is 1. The van der Waals surface area contributed by atoms with Crippen LogP contribution in [0.1, 0.15) is 26.3 Å². The number of aryl methyl sites for hydroxylation is 2. The van der Waals surface area contributed by atoms with Crippen LogP contribution in [0.15, 0.2) is 24.3 Å². The number of amides is 1. The topological polar surface area (TPSA) is 82.2 Å². The Morgan fingerprint density at radius 1 is 1.32 bits per heavy atom. The minimum Gasteiger partial charge on any atom is -0.444 e. The van der Waals surface area contributed by atoms with Gasteiger partial charge in [0.05, 0.1) is 5.69 Å². The van der Waals surface area contributed by atoms with Gasteiger partial charge in [0, 0.05) is 24.4 Å². The summed E-state index contributed by atoms with van der Waals surface area (Å²) in [5, 5.41) is 7.09.